The minimum atomic E-state index is -0.514. The lowest BCUT2D eigenvalue weighted by molar-refractivity contribution is 1.20. The van der Waals surface area contributed by atoms with Gasteiger partial charge >= 0.3 is 0 Å². The van der Waals surface area contributed by atoms with Gasteiger partial charge in [-0.25, -0.2) is 0 Å². The molecule has 6 heteroatoms. The van der Waals surface area contributed by atoms with Gasteiger partial charge in [0.1, 0.15) is 9.07 Å². The fourth-order valence-corrected chi connectivity index (χ4v) is 0. The van der Waals surface area contributed by atoms with E-state index in [0.29, 0.717) is 0 Å². The van der Waals surface area contributed by atoms with Crippen molar-refractivity contribution in [2.75, 3.05) is 0 Å². The quantitative estimate of drug-likeness (QED) is 0.436. The molecule has 0 fully saturated rings. The summed E-state index contributed by atoms with van der Waals surface area (Å²) in [6, 6.07) is 0. The highest BCUT2D eigenvalue weighted by molar-refractivity contribution is 9.25. The van der Waals surface area contributed by atoms with E-state index < -0.39 is 3.23 Å². The first-order valence-corrected chi connectivity index (χ1v) is 3.25. The van der Waals surface area contributed by atoms with Gasteiger partial charge in [0.15, 0.2) is 0 Å². The van der Waals surface area contributed by atoms with Gasteiger partial charge in [-0.15, -0.1) is 24.8 Å². The average molecular weight is 303 g/mol. The van der Waals surface area contributed by atoms with Crippen LogP contribution in [0.5, 0.6) is 0 Å². The molecule has 0 aromatic heterocycles. The van der Waals surface area contributed by atoms with Crippen LogP contribution in [0.15, 0.2) is 0 Å². The molecule has 0 saturated heterocycles. The Labute approximate surface area is 83.5 Å². The normalized spacial score (nSPS) is 8.78. The molecule has 0 aliphatic rings. The molecule has 3 N–H and O–H groups in total. The van der Waals surface area contributed by atoms with Crippen molar-refractivity contribution in [3.05, 3.63) is 0 Å². The molecule has 0 aliphatic carbocycles. The standard InChI is InChI=1S/C3H6Br2N2.2ClH/c1-3(4,5)2(6)7;;/h1H3,(H3,6,7);2*1H. The van der Waals surface area contributed by atoms with Crippen LogP contribution in [0.25, 0.3) is 0 Å². The molecule has 0 spiro atoms. The molecular weight excluding hydrogens is 295 g/mol. The highest BCUT2D eigenvalue weighted by Gasteiger charge is 2.17. The second-order valence-electron chi connectivity index (χ2n) is 1.30. The fourth-order valence-electron chi connectivity index (χ4n) is 0. The first-order valence-electron chi connectivity index (χ1n) is 1.67. The zero-order valence-corrected chi connectivity index (χ0v) is 9.45. The van der Waals surface area contributed by atoms with Crippen molar-refractivity contribution in [2.24, 2.45) is 5.73 Å². The first kappa shape index (κ1) is 16.5. The van der Waals surface area contributed by atoms with E-state index in [1.54, 1.807) is 6.92 Å². The molecule has 0 heterocycles. The van der Waals surface area contributed by atoms with Crippen molar-refractivity contribution < 1.29 is 0 Å². The van der Waals surface area contributed by atoms with E-state index in [-0.39, 0.29) is 30.6 Å². The second-order valence-corrected chi connectivity index (χ2v) is 5.54. The number of halogens is 4. The third-order valence-electron chi connectivity index (χ3n) is 0.473. The maximum atomic E-state index is 6.83. The summed E-state index contributed by atoms with van der Waals surface area (Å²) in [6.07, 6.45) is 0. The van der Waals surface area contributed by atoms with Crippen LogP contribution in [0.3, 0.4) is 0 Å². The Morgan fingerprint density at radius 3 is 1.56 bits per heavy atom. The number of hydrogen-bond donors (Lipinski definition) is 2. The van der Waals surface area contributed by atoms with Crippen LogP contribution in [-0.2, 0) is 0 Å². The molecule has 0 unspecified atom stereocenters. The van der Waals surface area contributed by atoms with Gasteiger partial charge in [0.25, 0.3) is 0 Å². The van der Waals surface area contributed by atoms with Crippen LogP contribution in [0.4, 0.5) is 0 Å². The van der Waals surface area contributed by atoms with E-state index in [0.717, 1.165) is 0 Å². The Morgan fingerprint density at radius 2 is 1.56 bits per heavy atom. The summed E-state index contributed by atoms with van der Waals surface area (Å²) >= 11 is 6.22. The largest absolute Gasteiger partial charge is 0.386 e. The smallest absolute Gasteiger partial charge is 0.134 e. The molecule has 0 aliphatic heterocycles. The number of alkyl halides is 2. The Hall–Kier alpha value is 1.01. The summed E-state index contributed by atoms with van der Waals surface area (Å²) in [4.78, 5) is 0. The lowest BCUT2D eigenvalue weighted by atomic mass is 10.5. The van der Waals surface area contributed by atoms with E-state index in [1.165, 1.54) is 0 Å². The highest BCUT2D eigenvalue weighted by Crippen LogP contribution is 2.23. The predicted octanol–water partition coefficient (Wildman–Crippen LogP) is 2.27. The number of rotatable bonds is 1. The molecule has 0 radical (unpaired) electrons. The van der Waals surface area contributed by atoms with Crippen LogP contribution < -0.4 is 5.73 Å². The Kier molecular flexibility index (Phi) is 10.6. The third-order valence-corrected chi connectivity index (χ3v) is 1.33. The van der Waals surface area contributed by atoms with Crippen molar-refractivity contribution in [3.63, 3.8) is 0 Å². The first-order chi connectivity index (χ1) is 2.94. The van der Waals surface area contributed by atoms with Gasteiger partial charge < -0.3 is 5.73 Å². The van der Waals surface area contributed by atoms with Gasteiger partial charge in [0, 0.05) is 0 Å². The SMILES string of the molecule is CC(Br)(Br)C(=N)N.Cl.Cl. The average Bonchev–Trinajstić information content (AvgIpc) is 1.31. The van der Waals surface area contributed by atoms with Gasteiger partial charge in [-0.2, -0.15) is 0 Å². The molecule has 0 aromatic rings. The Morgan fingerprint density at radius 1 is 1.44 bits per heavy atom. The summed E-state index contributed by atoms with van der Waals surface area (Å²) in [5.74, 6) is 0.0764. The monoisotopic (exact) mass is 300 g/mol. The number of nitrogens with two attached hydrogens (primary N) is 1. The summed E-state index contributed by atoms with van der Waals surface area (Å²) in [7, 11) is 0. The summed E-state index contributed by atoms with van der Waals surface area (Å²) in [5, 5.41) is 6.83. The van der Waals surface area contributed by atoms with Crippen LogP contribution >= 0.6 is 56.7 Å². The van der Waals surface area contributed by atoms with E-state index in [4.69, 9.17) is 11.1 Å². The van der Waals surface area contributed by atoms with Crippen molar-refractivity contribution in [2.45, 2.75) is 10.2 Å². The summed E-state index contributed by atoms with van der Waals surface area (Å²) < 4.78 is -0.514. The van der Waals surface area contributed by atoms with Gasteiger partial charge in [-0.1, -0.05) is 31.9 Å². The zero-order valence-electron chi connectivity index (χ0n) is 4.65. The van der Waals surface area contributed by atoms with Crippen molar-refractivity contribution in [1.29, 1.82) is 5.41 Å². The number of nitrogens with one attached hydrogen (secondary N) is 1. The van der Waals surface area contributed by atoms with Crippen LogP contribution in [0.1, 0.15) is 6.92 Å². The van der Waals surface area contributed by atoms with Crippen molar-refractivity contribution in [1.82, 2.24) is 0 Å². The minimum Gasteiger partial charge on any atom is -0.386 e. The molecule has 0 aromatic carbocycles. The lowest BCUT2D eigenvalue weighted by Gasteiger charge is -2.09. The topological polar surface area (TPSA) is 49.9 Å². The summed E-state index contributed by atoms with van der Waals surface area (Å²) in [6.45, 7) is 1.75. The lowest BCUT2D eigenvalue weighted by Crippen LogP contribution is -2.27. The third kappa shape index (κ3) is 9.01. The van der Waals surface area contributed by atoms with Gasteiger partial charge in [-0.05, 0) is 6.92 Å². The molecule has 0 amide bonds. The van der Waals surface area contributed by atoms with Crippen LogP contribution in [0.2, 0.25) is 0 Å². The molecule has 0 atom stereocenters. The van der Waals surface area contributed by atoms with Crippen LogP contribution in [0, 0.1) is 5.41 Å². The zero-order chi connectivity index (χ0) is 6.08. The predicted molar refractivity (Wildman–Crippen MR) is 52.7 cm³/mol. The van der Waals surface area contributed by atoms with Crippen molar-refractivity contribution in [3.8, 4) is 0 Å². The van der Waals surface area contributed by atoms with Gasteiger partial charge in [0.05, 0.1) is 0 Å². The molecule has 0 rings (SSSR count). The maximum Gasteiger partial charge on any atom is 0.134 e. The molecular formula is C3H8Br2Cl2N2. The molecule has 2 nitrogen and oxygen atoms in total. The van der Waals surface area contributed by atoms with E-state index in [2.05, 4.69) is 31.9 Å². The van der Waals surface area contributed by atoms with Crippen LogP contribution in [-0.4, -0.2) is 9.07 Å². The molecule has 0 saturated carbocycles. The fraction of sp³-hybridized carbons (Fsp3) is 0.667. The van der Waals surface area contributed by atoms with Gasteiger partial charge in [-0.3, -0.25) is 5.41 Å². The Balaban J connectivity index is -0.000000180. The second kappa shape index (κ2) is 5.77. The van der Waals surface area contributed by atoms with E-state index in [1.807, 2.05) is 0 Å². The minimum absolute atomic E-state index is 0. The number of hydrogen-bond acceptors (Lipinski definition) is 1. The maximum absolute atomic E-state index is 6.83. The highest BCUT2D eigenvalue weighted by atomic mass is 79.9. The van der Waals surface area contributed by atoms with Crippen molar-refractivity contribution >= 4 is 62.5 Å². The molecule has 9 heavy (non-hydrogen) atoms. The van der Waals surface area contributed by atoms with E-state index >= 15 is 0 Å². The van der Waals surface area contributed by atoms with Gasteiger partial charge in [0.2, 0.25) is 0 Å². The Bertz CT molecular complexity index is 90.3. The molecule has 0 bridgehead atoms. The summed E-state index contributed by atoms with van der Waals surface area (Å²) in [5.41, 5.74) is 5.06. The molecule has 58 valence electrons. The van der Waals surface area contributed by atoms with E-state index in [9.17, 15) is 0 Å². The number of amidine groups is 1.